The Hall–Kier alpha value is -1.17. The number of rotatable bonds is 6. The van der Waals surface area contributed by atoms with Crippen LogP contribution in [0.5, 0.6) is 0 Å². The summed E-state index contributed by atoms with van der Waals surface area (Å²) in [6, 6.07) is 7.76. The third-order valence-electron chi connectivity index (χ3n) is 2.93. The van der Waals surface area contributed by atoms with E-state index >= 15 is 0 Å². The molecule has 0 aliphatic heterocycles. The zero-order chi connectivity index (χ0) is 13.9. The monoisotopic (exact) mass is 295 g/mol. The summed E-state index contributed by atoms with van der Waals surface area (Å²) in [6.45, 7) is 6.01. The Morgan fingerprint density at radius 1 is 1.37 bits per heavy atom. The first kappa shape index (κ1) is 14.2. The van der Waals surface area contributed by atoms with Gasteiger partial charge in [0, 0.05) is 28.3 Å². The smallest absolute Gasteiger partial charge is 0.345 e. The van der Waals surface area contributed by atoms with Crippen LogP contribution in [0.15, 0.2) is 29.6 Å². The van der Waals surface area contributed by atoms with E-state index in [1.54, 1.807) is 17.4 Å². The zero-order valence-corrected chi connectivity index (χ0v) is 12.6. The lowest BCUT2D eigenvalue weighted by molar-refractivity contribution is 0.0702. The Balaban J connectivity index is 1.87. The minimum Gasteiger partial charge on any atom is -0.477 e. The molecule has 0 atom stereocenters. The van der Waals surface area contributed by atoms with Gasteiger partial charge in [0.1, 0.15) is 4.88 Å². The van der Waals surface area contributed by atoms with Gasteiger partial charge in [-0.15, -0.1) is 22.7 Å². The molecular weight excluding hydrogens is 278 g/mol. The highest BCUT2D eigenvalue weighted by molar-refractivity contribution is 7.13. The first-order valence-corrected chi connectivity index (χ1v) is 7.75. The van der Waals surface area contributed by atoms with Gasteiger partial charge in [0.05, 0.1) is 0 Å². The van der Waals surface area contributed by atoms with Gasteiger partial charge in [-0.05, 0) is 23.6 Å². The number of nitrogens with one attached hydrogen (secondary N) is 1. The number of hydrogen-bond acceptors (Lipinski definition) is 4. The summed E-state index contributed by atoms with van der Waals surface area (Å²) in [4.78, 5) is 13.6. The second-order valence-electron chi connectivity index (χ2n) is 5.04. The lowest BCUT2D eigenvalue weighted by Gasteiger charge is -2.23. The van der Waals surface area contributed by atoms with E-state index in [1.807, 2.05) is 6.07 Å². The average molecular weight is 295 g/mol. The largest absolute Gasteiger partial charge is 0.477 e. The maximum Gasteiger partial charge on any atom is 0.345 e. The maximum absolute atomic E-state index is 10.8. The third kappa shape index (κ3) is 3.65. The van der Waals surface area contributed by atoms with Crippen LogP contribution in [0.2, 0.25) is 0 Å². The van der Waals surface area contributed by atoms with Gasteiger partial charge in [0.25, 0.3) is 0 Å². The first-order valence-electron chi connectivity index (χ1n) is 6.06. The molecule has 0 radical (unpaired) electrons. The van der Waals surface area contributed by atoms with Gasteiger partial charge in [0.15, 0.2) is 0 Å². The molecule has 102 valence electrons. The van der Waals surface area contributed by atoms with Crippen molar-refractivity contribution in [3.05, 3.63) is 44.3 Å². The second kappa shape index (κ2) is 5.86. The quantitative estimate of drug-likeness (QED) is 0.856. The summed E-state index contributed by atoms with van der Waals surface area (Å²) in [6.07, 6.45) is 0. The number of hydrogen-bond donors (Lipinski definition) is 2. The minimum atomic E-state index is -0.852. The lowest BCUT2D eigenvalue weighted by Crippen LogP contribution is -2.31. The van der Waals surface area contributed by atoms with Gasteiger partial charge >= 0.3 is 5.97 Å². The summed E-state index contributed by atoms with van der Waals surface area (Å²) in [5.74, 6) is -0.852. The topological polar surface area (TPSA) is 49.3 Å². The van der Waals surface area contributed by atoms with E-state index in [0.29, 0.717) is 11.4 Å². The van der Waals surface area contributed by atoms with Crippen molar-refractivity contribution in [1.29, 1.82) is 0 Å². The number of carboxylic acids is 1. The lowest BCUT2D eigenvalue weighted by atomic mass is 9.91. The van der Waals surface area contributed by atoms with Gasteiger partial charge in [-0.2, -0.15) is 0 Å². The molecular formula is C14H17NO2S2. The molecule has 2 rings (SSSR count). The highest BCUT2D eigenvalue weighted by Crippen LogP contribution is 2.26. The molecule has 0 unspecified atom stereocenters. The molecule has 3 nitrogen and oxygen atoms in total. The summed E-state index contributed by atoms with van der Waals surface area (Å²) < 4.78 is 0. The molecule has 0 amide bonds. The molecule has 0 saturated carbocycles. The van der Waals surface area contributed by atoms with Crippen molar-refractivity contribution < 1.29 is 9.90 Å². The van der Waals surface area contributed by atoms with Crippen LogP contribution in [0.3, 0.4) is 0 Å². The fraction of sp³-hybridized carbons (Fsp3) is 0.357. The first-order chi connectivity index (χ1) is 8.99. The van der Waals surface area contributed by atoms with Gasteiger partial charge in [-0.3, -0.25) is 0 Å². The Labute approximate surface area is 120 Å². The molecule has 2 aromatic rings. The van der Waals surface area contributed by atoms with Crippen LogP contribution in [0.1, 0.15) is 33.3 Å². The predicted molar refractivity (Wildman–Crippen MR) is 80.3 cm³/mol. The standard InChI is InChI=1S/C14H17NO2S2/c1-14(2,12-4-3-7-18-12)9-15-8-10-5-6-11(19-10)13(16)17/h3-7,15H,8-9H2,1-2H3,(H,16,17). The third-order valence-corrected chi connectivity index (χ3v) is 5.24. The van der Waals surface area contributed by atoms with Crippen LogP contribution < -0.4 is 5.32 Å². The van der Waals surface area contributed by atoms with E-state index in [1.165, 1.54) is 16.2 Å². The second-order valence-corrected chi connectivity index (χ2v) is 7.15. The zero-order valence-electron chi connectivity index (χ0n) is 11.0. The average Bonchev–Trinajstić information content (AvgIpc) is 3.00. The van der Waals surface area contributed by atoms with Gasteiger partial charge in [-0.25, -0.2) is 4.79 Å². The van der Waals surface area contributed by atoms with Crippen molar-refractivity contribution in [2.45, 2.75) is 25.8 Å². The van der Waals surface area contributed by atoms with Crippen LogP contribution >= 0.6 is 22.7 Å². The number of carbonyl (C=O) groups is 1. The number of thiophene rings is 2. The molecule has 5 heteroatoms. The fourth-order valence-corrected chi connectivity index (χ4v) is 3.51. The maximum atomic E-state index is 10.8. The van der Waals surface area contributed by atoms with Gasteiger partial charge < -0.3 is 10.4 Å². The van der Waals surface area contributed by atoms with Crippen LogP contribution in [0.25, 0.3) is 0 Å². The Morgan fingerprint density at radius 2 is 2.16 bits per heavy atom. The molecule has 2 N–H and O–H groups in total. The SMILES string of the molecule is CC(C)(CNCc1ccc(C(=O)O)s1)c1cccs1. The molecule has 2 aromatic heterocycles. The van der Waals surface area contributed by atoms with Crippen molar-refractivity contribution >= 4 is 28.6 Å². The van der Waals surface area contributed by atoms with E-state index in [9.17, 15) is 4.79 Å². The molecule has 0 aromatic carbocycles. The van der Waals surface area contributed by atoms with Gasteiger partial charge in [0.2, 0.25) is 0 Å². The van der Waals surface area contributed by atoms with Crippen molar-refractivity contribution in [1.82, 2.24) is 5.32 Å². The molecule has 0 bridgehead atoms. The van der Waals surface area contributed by atoms with Crippen molar-refractivity contribution in [2.75, 3.05) is 6.54 Å². The highest BCUT2D eigenvalue weighted by atomic mass is 32.1. The Kier molecular flexibility index (Phi) is 4.39. The predicted octanol–water partition coefficient (Wildman–Crippen LogP) is 3.58. The highest BCUT2D eigenvalue weighted by Gasteiger charge is 2.21. The van der Waals surface area contributed by atoms with Crippen LogP contribution in [-0.4, -0.2) is 17.6 Å². The van der Waals surface area contributed by atoms with E-state index in [-0.39, 0.29) is 5.41 Å². The molecule has 0 aliphatic carbocycles. The summed E-state index contributed by atoms with van der Waals surface area (Å²) in [5, 5.41) is 14.4. The summed E-state index contributed by atoms with van der Waals surface area (Å²) in [5.41, 5.74) is 0.0983. The Morgan fingerprint density at radius 3 is 2.74 bits per heavy atom. The normalized spacial score (nSPS) is 11.7. The van der Waals surface area contributed by atoms with Crippen molar-refractivity contribution in [2.24, 2.45) is 0 Å². The van der Waals surface area contributed by atoms with Gasteiger partial charge in [-0.1, -0.05) is 19.9 Å². The minimum absolute atomic E-state index is 0.0983. The van der Waals surface area contributed by atoms with Crippen LogP contribution in [0, 0.1) is 0 Å². The summed E-state index contributed by atoms with van der Waals surface area (Å²) >= 11 is 3.10. The molecule has 0 fully saturated rings. The van der Waals surface area contributed by atoms with Crippen molar-refractivity contribution in [3.63, 3.8) is 0 Å². The summed E-state index contributed by atoms with van der Waals surface area (Å²) in [7, 11) is 0. The fourth-order valence-electron chi connectivity index (χ4n) is 1.84. The van der Waals surface area contributed by atoms with E-state index in [0.717, 1.165) is 11.4 Å². The van der Waals surface area contributed by atoms with E-state index < -0.39 is 5.97 Å². The van der Waals surface area contributed by atoms with Crippen LogP contribution in [-0.2, 0) is 12.0 Å². The number of aromatic carboxylic acids is 1. The van der Waals surface area contributed by atoms with E-state index in [4.69, 9.17) is 5.11 Å². The molecule has 0 saturated heterocycles. The molecule has 19 heavy (non-hydrogen) atoms. The molecule has 0 aliphatic rings. The Bertz CT molecular complexity index is 544. The number of carboxylic acid groups (broad SMARTS) is 1. The van der Waals surface area contributed by atoms with E-state index in [2.05, 4.69) is 36.7 Å². The molecule has 0 spiro atoms. The molecule has 2 heterocycles. The van der Waals surface area contributed by atoms with Crippen molar-refractivity contribution in [3.8, 4) is 0 Å². The van der Waals surface area contributed by atoms with Crippen LogP contribution in [0.4, 0.5) is 0 Å².